The highest BCUT2D eigenvalue weighted by Gasteiger charge is 2.17. The highest BCUT2D eigenvalue weighted by molar-refractivity contribution is 6.37. The third kappa shape index (κ3) is 7.36. The summed E-state index contributed by atoms with van der Waals surface area (Å²) in [6.45, 7) is 0.923. The topological polar surface area (TPSA) is 56.2 Å². The third-order valence-corrected chi connectivity index (χ3v) is 6.40. The first-order chi connectivity index (χ1) is 17.4. The van der Waals surface area contributed by atoms with Crippen LogP contribution in [-0.2, 0) is 22.7 Å². The molecule has 0 fully saturated rings. The first-order valence-corrected chi connectivity index (χ1v) is 12.4. The number of amides is 1. The number of anilines is 1. The number of nitrogens with zero attached hydrogens (tertiary/aromatic N) is 2. The molecule has 1 heterocycles. The zero-order valence-corrected chi connectivity index (χ0v) is 21.9. The van der Waals surface area contributed by atoms with Crippen molar-refractivity contribution in [1.29, 1.82) is 0 Å². The molecule has 0 saturated carbocycles. The second kappa shape index (κ2) is 12.4. The predicted molar refractivity (Wildman–Crippen MR) is 147 cm³/mol. The van der Waals surface area contributed by atoms with Crippen LogP contribution in [0.3, 0.4) is 0 Å². The van der Waals surface area contributed by atoms with Crippen LogP contribution in [0.1, 0.15) is 22.8 Å². The van der Waals surface area contributed by atoms with Gasteiger partial charge in [0.05, 0.1) is 30.2 Å². The van der Waals surface area contributed by atoms with Crippen molar-refractivity contribution in [1.82, 2.24) is 9.55 Å². The van der Waals surface area contributed by atoms with E-state index in [2.05, 4.69) is 10.3 Å². The van der Waals surface area contributed by atoms with Gasteiger partial charge < -0.3 is 14.6 Å². The average Bonchev–Trinajstić information content (AvgIpc) is 3.36. The molecule has 9 heteroatoms. The number of rotatable bonds is 9. The van der Waals surface area contributed by atoms with Crippen LogP contribution >= 0.6 is 46.4 Å². The molecule has 1 atom stereocenters. The summed E-state index contributed by atoms with van der Waals surface area (Å²) in [5.41, 5.74) is 3.19. The van der Waals surface area contributed by atoms with Gasteiger partial charge in [-0.15, -0.1) is 0 Å². The van der Waals surface area contributed by atoms with Gasteiger partial charge in [0.15, 0.2) is 0 Å². The smallest absolute Gasteiger partial charge is 0.248 e. The van der Waals surface area contributed by atoms with Crippen LogP contribution in [0.4, 0.5) is 5.69 Å². The van der Waals surface area contributed by atoms with Gasteiger partial charge in [-0.05, 0) is 47.5 Å². The van der Waals surface area contributed by atoms with Crippen molar-refractivity contribution in [3.63, 3.8) is 0 Å². The number of halogens is 4. The van der Waals surface area contributed by atoms with Gasteiger partial charge in [-0.2, -0.15) is 0 Å². The van der Waals surface area contributed by atoms with Crippen LogP contribution in [0.15, 0.2) is 85.5 Å². The van der Waals surface area contributed by atoms with Gasteiger partial charge in [-0.1, -0.05) is 76.7 Å². The molecule has 4 rings (SSSR count). The molecule has 1 unspecified atom stereocenters. The second-order valence-electron chi connectivity index (χ2n) is 7.91. The first-order valence-electron chi connectivity index (χ1n) is 10.9. The number of carbonyl (C=O) groups excluding carboxylic acids is 1. The van der Waals surface area contributed by atoms with Crippen LogP contribution in [-0.4, -0.2) is 15.5 Å². The number of ether oxygens (including phenoxy) is 1. The maximum absolute atomic E-state index is 12.2. The van der Waals surface area contributed by atoms with Gasteiger partial charge in [0, 0.05) is 39.1 Å². The summed E-state index contributed by atoms with van der Waals surface area (Å²) < 4.78 is 8.19. The molecule has 0 radical (unpaired) electrons. The van der Waals surface area contributed by atoms with Gasteiger partial charge in [-0.25, -0.2) is 4.98 Å². The van der Waals surface area contributed by atoms with Crippen LogP contribution in [0.5, 0.6) is 0 Å². The minimum absolute atomic E-state index is 0.297. The Morgan fingerprint density at radius 2 is 1.69 bits per heavy atom. The highest BCUT2D eigenvalue weighted by atomic mass is 35.5. The normalized spacial score (nSPS) is 12.1. The second-order valence-corrected chi connectivity index (χ2v) is 9.60. The number of benzene rings is 3. The summed E-state index contributed by atoms with van der Waals surface area (Å²) in [5, 5.41) is 4.72. The maximum Gasteiger partial charge on any atom is 0.248 e. The minimum atomic E-state index is -0.299. The van der Waals surface area contributed by atoms with Gasteiger partial charge in [0.1, 0.15) is 6.10 Å². The van der Waals surface area contributed by atoms with Crippen molar-refractivity contribution in [2.45, 2.75) is 19.3 Å². The Morgan fingerprint density at radius 1 is 0.972 bits per heavy atom. The average molecular weight is 561 g/mol. The molecule has 1 aromatic heterocycles. The molecule has 0 spiro atoms. The fourth-order valence-electron chi connectivity index (χ4n) is 3.45. The predicted octanol–water partition coefficient (Wildman–Crippen LogP) is 8.11. The number of imidazole rings is 1. The quantitative estimate of drug-likeness (QED) is 0.210. The van der Waals surface area contributed by atoms with Crippen LogP contribution in [0.2, 0.25) is 20.1 Å². The molecule has 36 heavy (non-hydrogen) atoms. The van der Waals surface area contributed by atoms with Crippen molar-refractivity contribution < 1.29 is 9.53 Å². The Hall–Kier alpha value is -2.80. The van der Waals surface area contributed by atoms with Gasteiger partial charge >= 0.3 is 0 Å². The molecule has 184 valence electrons. The molecule has 0 saturated heterocycles. The molecule has 1 amide bonds. The molecule has 5 nitrogen and oxygen atoms in total. The fourth-order valence-corrected chi connectivity index (χ4v) is 4.43. The van der Waals surface area contributed by atoms with Gasteiger partial charge in [0.25, 0.3) is 0 Å². The SMILES string of the molecule is O=C(/C=C/c1ccc(COC(Cn2ccnc2)c2ccc(Cl)cc2Cl)cc1)Nc1ccc(Cl)cc1Cl. The molecule has 1 N–H and O–H groups in total. The molecular formula is C27H21Cl4N3O2. The van der Waals surface area contributed by atoms with E-state index in [-0.39, 0.29) is 12.0 Å². The molecule has 4 aromatic rings. The summed E-state index contributed by atoms with van der Waals surface area (Å²) in [7, 11) is 0. The number of hydrogen-bond donors (Lipinski definition) is 1. The Morgan fingerprint density at radius 3 is 2.36 bits per heavy atom. The Bertz CT molecular complexity index is 1360. The van der Waals surface area contributed by atoms with Crippen LogP contribution in [0, 0.1) is 0 Å². The van der Waals surface area contributed by atoms with E-state index in [1.54, 1.807) is 48.9 Å². The lowest BCUT2D eigenvalue weighted by Gasteiger charge is -2.20. The summed E-state index contributed by atoms with van der Waals surface area (Å²) in [6.07, 6.45) is 8.19. The standard InChI is InChI=1S/C27H21Cl4N3O2/c28-20-6-8-22(23(30)13-20)26(15-34-12-11-32-17-34)36-16-19-3-1-18(2-4-19)5-10-27(35)33-25-9-7-21(29)14-24(25)31/h1-14,17,26H,15-16H2,(H,33,35)/b10-5+. The number of carbonyl (C=O) groups is 1. The molecule has 0 bridgehead atoms. The summed E-state index contributed by atoms with van der Waals surface area (Å²) in [5.74, 6) is -0.297. The van der Waals surface area contributed by atoms with E-state index in [1.165, 1.54) is 6.08 Å². The zero-order chi connectivity index (χ0) is 25.5. The van der Waals surface area contributed by atoms with Crippen molar-refractivity contribution in [3.05, 3.63) is 122 Å². The van der Waals surface area contributed by atoms with Crippen molar-refractivity contribution in [2.24, 2.45) is 0 Å². The summed E-state index contributed by atoms with van der Waals surface area (Å²) in [6, 6.07) is 18.0. The largest absolute Gasteiger partial charge is 0.367 e. The molecule has 0 aliphatic heterocycles. The van der Waals surface area contributed by atoms with E-state index in [1.807, 2.05) is 41.1 Å². The van der Waals surface area contributed by atoms with E-state index in [9.17, 15) is 4.79 Å². The fraction of sp³-hybridized carbons (Fsp3) is 0.111. The molecule has 0 aliphatic carbocycles. The van der Waals surface area contributed by atoms with Crippen molar-refractivity contribution in [2.75, 3.05) is 5.32 Å². The summed E-state index contributed by atoms with van der Waals surface area (Å²) in [4.78, 5) is 16.3. The van der Waals surface area contributed by atoms with E-state index >= 15 is 0 Å². The lowest BCUT2D eigenvalue weighted by Crippen LogP contribution is -2.12. The zero-order valence-electron chi connectivity index (χ0n) is 18.9. The maximum atomic E-state index is 12.2. The van der Waals surface area contributed by atoms with E-state index in [0.29, 0.717) is 38.9 Å². The number of aromatic nitrogens is 2. The van der Waals surface area contributed by atoms with Crippen molar-refractivity contribution >= 4 is 64.1 Å². The van der Waals surface area contributed by atoms with Gasteiger partial charge in [-0.3, -0.25) is 4.79 Å². The first kappa shape index (κ1) is 26.3. The lowest BCUT2D eigenvalue weighted by molar-refractivity contribution is -0.111. The minimum Gasteiger partial charge on any atom is -0.367 e. The third-order valence-electron chi connectivity index (χ3n) is 5.29. The van der Waals surface area contributed by atoms with Crippen LogP contribution in [0.25, 0.3) is 6.08 Å². The number of hydrogen-bond acceptors (Lipinski definition) is 3. The Balaban J connectivity index is 1.38. The summed E-state index contributed by atoms with van der Waals surface area (Å²) >= 11 is 24.5. The van der Waals surface area contributed by atoms with E-state index in [0.717, 1.165) is 16.7 Å². The highest BCUT2D eigenvalue weighted by Crippen LogP contribution is 2.30. The Kier molecular flexibility index (Phi) is 9.08. The molecular weight excluding hydrogens is 540 g/mol. The molecule has 3 aromatic carbocycles. The Labute approximate surface area is 229 Å². The van der Waals surface area contributed by atoms with Crippen LogP contribution < -0.4 is 5.32 Å². The monoisotopic (exact) mass is 559 g/mol. The van der Waals surface area contributed by atoms with Crippen molar-refractivity contribution in [3.8, 4) is 0 Å². The number of nitrogens with one attached hydrogen (secondary N) is 1. The van der Waals surface area contributed by atoms with E-state index in [4.69, 9.17) is 51.1 Å². The van der Waals surface area contributed by atoms with Gasteiger partial charge in [0.2, 0.25) is 5.91 Å². The van der Waals surface area contributed by atoms with E-state index < -0.39 is 0 Å². The lowest BCUT2D eigenvalue weighted by atomic mass is 10.1. The molecule has 0 aliphatic rings.